The van der Waals surface area contributed by atoms with Gasteiger partial charge in [0.05, 0.1) is 5.69 Å². The van der Waals surface area contributed by atoms with E-state index in [1.54, 1.807) is 6.20 Å². The fourth-order valence-electron chi connectivity index (χ4n) is 4.35. The second-order valence-corrected chi connectivity index (χ2v) is 8.79. The average molecular weight is 426 g/mol. The van der Waals surface area contributed by atoms with Gasteiger partial charge in [-0.3, -0.25) is 14.7 Å². The molecule has 2 aliphatic rings. The molecule has 1 aliphatic heterocycles. The number of nitrogens with zero attached hydrogens (tertiary/aromatic N) is 3. The number of Topliss-reactive ketones (excluding diaryl/α,β-unsaturated/α-hetero) is 1. The van der Waals surface area contributed by atoms with Gasteiger partial charge in [0.1, 0.15) is 11.9 Å². The first-order valence-corrected chi connectivity index (χ1v) is 11.1. The van der Waals surface area contributed by atoms with Gasteiger partial charge in [0.2, 0.25) is 5.88 Å². The number of benzene rings is 1. The summed E-state index contributed by atoms with van der Waals surface area (Å²) in [6.07, 6.45) is 6.78. The SMILES string of the molecule is CN1CC(CCC(=O)C2CCC(Oc3ccccn3)CC2)=Nc2ccc(Cl)cc2C1. The van der Waals surface area contributed by atoms with Crippen molar-refractivity contribution >= 4 is 28.8 Å². The van der Waals surface area contributed by atoms with Crippen LogP contribution in [-0.2, 0) is 11.3 Å². The maximum absolute atomic E-state index is 12.8. The molecule has 1 aliphatic carbocycles. The third-order valence-corrected chi connectivity index (χ3v) is 6.16. The molecule has 0 N–H and O–H groups in total. The fourth-order valence-corrected chi connectivity index (χ4v) is 4.55. The third-order valence-electron chi connectivity index (χ3n) is 5.93. The number of fused-ring (bicyclic) bond motifs is 1. The lowest BCUT2D eigenvalue weighted by atomic mass is 9.83. The van der Waals surface area contributed by atoms with Crippen molar-refractivity contribution in [2.24, 2.45) is 10.9 Å². The Morgan fingerprint density at radius 2 is 2.00 bits per heavy atom. The Bertz CT molecular complexity index is 908. The average Bonchev–Trinajstić information content (AvgIpc) is 2.90. The molecule has 5 nitrogen and oxygen atoms in total. The topological polar surface area (TPSA) is 54.8 Å². The van der Waals surface area contributed by atoms with Crippen LogP contribution in [0.1, 0.15) is 44.1 Å². The molecular formula is C24H28ClN3O2. The molecular weight excluding hydrogens is 398 g/mol. The van der Waals surface area contributed by atoms with E-state index in [-0.39, 0.29) is 12.0 Å². The zero-order valence-corrected chi connectivity index (χ0v) is 18.1. The lowest BCUT2D eigenvalue weighted by molar-refractivity contribution is -0.124. The zero-order valence-electron chi connectivity index (χ0n) is 17.4. The standard InChI is InChI=1S/C24H28ClN3O2/c1-28-15-18-14-19(25)7-11-22(18)27-20(16-28)8-12-23(29)17-5-9-21(10-6-17)30-24-4-2-3-13-26-24/h2-4,7,11,13-14,17,21H,5-6,8-10,12,15-16H2,1H3. The van der Waals surface area contributed by atoms with Crippen molar-refractivity contribution in [1.82, 2.24) is 9.88 Å². The number of ketones is 1. The van der Waals surface area contributed by atoms with Crippen LogP contribution in [0.2, 0.25) is 5.02 Å². The van der Waals surface area contributed by atoms with E-state index in [0.29, 0.717) is 18.1 Å². The summed E-state index contributed by atoms with van der Waals surface area (Å²) < 4.78 is 5.95. The van der Waals surface area contributed by atoms with Crippen LogP contribution in [0, 0.1) is 5.92 Å². The number of hydrogen-bond acceptors (Lipinski definition) is 5. The fraction of sp³-hybridized carbons (Fsp3) is 0.458. The number of ether oxygens (including phenoxy) is 1. The van der Waals surface area contributed by atoms with Crippen molar-refractivity contribution in [2.45, 2.75) is 51.2 Å². The summed E-state index contributed by atoms with van der Waals surface area (Å²) in [5.74, 6) is 1.17. The van der Waals surface area contributed by atoms with Gasteiger partial charge in [0.15, 0.2) is 0 Å². The minimum absolute atomic E-state index is 0.142. The Labute approximate surface area is 183 Å². The monoisotopic (exact) mass is 425 g/mol. The summed E-state index contributed by atoms with van der Waals surface area (Å²) >= 11 is 6.13. The van der Waals surface area contributed by atoms with Gasteiger partial charge < -0.3 is 4.74 Å². The van der Waals surface area contributed by atoms with E-state index in [9.17, 15) is 4.79 Å². The highest BCUT2D eigenvalue weighted by Gasteiger charge is 2.27. The molecule has 0 bridgehead atoms. The van der Waals surface area contributed by atoms with Crippen molar-refractivity contribution in [3.05, 3.63) is 53.2 Å². The number of halogens is 1. The molecule has 0 unspecified atom stereocenters. The van der Waals surface area contributed by atoms with Gasteiger partial charge in [-0.15, -0.1) is 0 Å². The van der Waals surface area contributed by atoms with Crippen molar-refractivity contribution in [3.63, 3.8) is 0 Å². The summed E-state index contributed by atoms with van der Waals surface area (Å²) in [6, 6.07) is 11.5. The van der Waals surface area contributed by atoms with Gasteiger partial charge in [0.25, 0.3) is 0 Å². The van der Waals surface area contributed by atoms with Crippen LogP contribution < -0.4 is 4.74 Å². The molecule has 1 saturated carbocycles. The number of carbonyl (C=O) groups excluding carboxylic acids is 1. The van der Waals surface area contributed by atoms with Crippen molar-refractivity contribution in [1.29, 1.82) is 0 Å². The van der Waals surface area contributed by atoms with Gasteiger partial charge in [-0.25, -0.2) is 4.98 Å². The second-order valence-electron chi connectivity index (χ2n) is 8.35. The van der Waals surface area contributed by atoms with Gasteiger partial charge in [-0.2, -0.15) is 0 Å². The lowest BCUT2D eigenvalue weighted by Crippen LogP contribution is -2.29. The Morgan fingerprint density at radius 1 is 1.17 bits per heavy atom. The first kappa shape index (κ1) is 21.0. The molecule has 158 valence electrons. The first-order chi connectivity index (χ1) is 14.6. The second kappa shape index (κ2) is 9.71. The highest BCUT2D eigenvalue weighted by atomic mass is 35.5. The van der Waals surface area contributed by atoms with Crippen molar-refractivity contribution in [2.75, 3.05) is 13.6 Å². The van der Waals surface area contributed by atoms with Crippen LogP contribution in [-0.4, -0.2) is 41.1 Å². The molecule has 1 aromatic heterocycles. The summed E-state index contributed by atoms with van der Waals surface area (Å²) in [4.78, 5) is 24.1. The highest BCUT2D eigenvalue weighted by molar-refractivity contribution is 6.30. The highest BCUT2D eigenvalue weighted by Crippen LogP contribution is 2.30. The normalized spacial score (nSPS) is 22.0. The molecule has 0 spiro atoms. The van der Waals surface area contributed by atoms with E-state index in [1.807, 2.05) is 36.4 Å². The molecule has 2 aromatic rings. The molecule has 4 rings (SSSR count). The quantitative estimate of drug-likeness (QED) is 0.635. The Morgan fingerprint density at radius 3 is 2.77 bits per heavy atom. The minimum Gasteiger partial charge on any atom is -0.474 e. The number of aliphatic imine (C=N–C) groups is 1. The van der Waals surface area contributed by atoms with E-state index < -0.39 is 0 Å². The van der Waals surface area contributed by atoms with E-state index in [0.717, 1.165) is 67.2 Å². The molecule has 2 heterocycles. The predicted molar refractivity (Wildman–Crippen MR) is 120 cm³/mol. The summed E-state index contributed by atoms with van der Waals surface area (Å²) in [5, 5.41) is 0.735. The molecule has 1 aromatic carbocycles. The molecule has 30 heavy (non-hydrogen) atoms. The lowest BCUT2D eigenvalue weighted by Gasteiger charge is -2.28. The van der Waals surface area contributed by atoms with E-state index in [2.05, 4.69) is 16.9 Å². The van der Waals surface area contributed by atoms with Crippen LogP contribution in [0.3, 0.4) is 0 Å². The van der Waals surface area contributed by atoms with E-state index >= 15 is 0 Å². The maximum atomic E-state index is 12.8. The zero-order chi connectivity index (χ0) is 20.9. The van der Waals surface area contributed by atoms with Crippen molar-refractivity contribution in [3.8, 4) is 5.88 Å². The number of pyridine rings is 1. The van der Waals surface area contributed by atoms with Gasteiger partial charge in [0, 0.05) is 48.4 Å². The Kier molecular flexibility index (Phi) is 6.80. The minimum atomic E-state index is 0.142. The third kappa shape index (κ3) is 5.46. The number of hydrogen-bond donors (Lipinski definition) is 0. The molecule has 0 atom stereocenters. The van der Waals surface area contributed by atoms with Gasteiger partial charge in [-0.1, -0.05) is 17.7 Å². The number of carbonyl (C=O) groups is 1. The number of aromatic nitrogens is 1. The summed E-state index contributed by atoms with van der Waals surface area (Å²) in [7, 11) is 2.08. The van der Waals surface area contributed by atoms with Crippen LogP contribution in [0.4, 0.5) is 5.69 Å². The molecule has 0 saturated heterocycles. The molecule has 1 fully saturated rings. The van der Waals surface area contributed by atoms with Crippen LogP contribution in [0.5, 0.6) is 5.88 Å². The summed E-state index contributed by atoms with van der Waals surface area (Å²) in [6.45, 7) is 1.60. The van der Waals surface area contributed by atoms with E-state index in [4.69, 9.17) is 21.3 Å². The Hall–Kier alpha value is -2.24. The van der Waals surface area contributed by atoms with E-state index in [1.165, 1.54) is 0 Å². The van der Waals surface area contributed by atoms with Crippen molar-refractivity contribution < 1.29 is 9.53 Å². The maximum Gasteiger partial charge on any atom is 0.213 e. The molecule has 0 amide bonds. The van der Waals surface area contributed by atoms with Gasteiger partial charge in [-0.05, 0) is 69.0 Å². The summed E-state index contributed by atoms with van der Waals surface area (Å²) in [5.41, 5.74) is 3.18. The largest absolute Gasteiger partial charge is 0.474 e. The van der Waals surface area contributed by atoms with Crippen LogP contribution >= 0.6 is 11.6 Å². The molecule has 6 heteroatoms. The van der Waals surface area contributed by atoms with Crippen LogP contribution in [0.25, 0.3) is 0 Å². The first-order valence-electron chi connectivity index (χ1n) is 10.7. The Balaban J connectivity index is 1.29. The van der Waals surface area contributed by atoms with Crippen LogP contribution in [0.15, 0.2) is 47.6 Å². The van der Waals surface area contributed by atoms with Gasteiger partial charge >= 0.3 is 0 Å². The molecule has 0 radical (unpaired) electrons. The smallest absolute Gasteiger partial charge is 0.213 e. The predicted octanol–water partition coefficient (Wildman–Crippen LogP) is 5.24. The number of rotatable bonds is 6.